The van der Waals surface area contributed by atoms with E-state index in [0.29, 0.717) is 12.3 Å². The second-order valence-electron chi connectivity index (χ2n) is 5.13. The third-order valence-electron chi connectivity index (χ3n) is 3.44. The highest BCUT2D eigenvalue weighted by molar-refractivity contribution is 6.08. The maximum atomic E-state index is 12.4. The summed E-state index contributed by atoms with van der Waals surface area (Å²) in [6, 6.07) is 2.66. The number of amides is 4. The lowest BCUT2D eigenvalue weighted by Gasteiger charge is -2.18. The molecule has 0 aliphatic carbocycles. The summed E-state index contributed by atoms with van der Waals surface area (Å²) in [7, 11) is 0. The van der Waals surface area contributed by atoms with Gasteiger partial charge in [0.1, 0.15) is 12.3 Å². The van der Waals surface area contributed by atoms with Gasteiger partial charge in [-0.05, 0) is 25.5 Å². The van der Waals surface area contributed by atoms with E-state index in [4.69, 9.17) is 4.42 Å². The second kappa shape index (κ2) is 5.99. The molecule has 7 heteroatoms. The second-order valence-corrected chi connectivity index (χ2v) is 5.13. The van der Waals surface area contributed by atoms with Crippen molar-refractivity contribution >= 4 is 17.8 Å². The van der Waals surface area contributed by atoms with Gasteiger partial charge in [0, 0.05) is 6.54 Å². The van der Waals surface area contributed by atoms with Crippen molar-refractivity contribution in [2.24, 2.45) is 0 Å². The van der Waals surface area contributed by atoms with Gasteiger partial charge in [0.25, 0.3) is 5.91 Å². The number of imide groups is 1. The zero-order valence-corrected chi connectivity index (χ0v) is 12.1. The topological polar surface area (TPSA) is 91.7 Å². The largest absolute Gasteiger partial charge is 0.466 e. The fraction of sp³-hybridized carbons (Fsp3) is 0.500. The Balaban J connectivity index is 2.04. The number of nitrogens with zero attached hydrogens (tertiary/aromatic N) is 1. The van der Waals surface area contributed by atoms with Crippen molar-refractivity contribution in [3.8, 4) is 0 Å². The summed E-state index contributed by atoms with van der Waals surface area (Å²) < 4.78 is 5.21. The van der Waals surface area contributed by atoms with Crippen molar-refractivity contribution in [3.05, 3.63) is 24.2 Å². The first-order valence-electron chi connectivity index (χ1n) is 6.94. The molecule has 1 aromatic rings. The normalized spacial score (nSPS) is 21.5. The third-order valence-corrected chi connectivity index (χ3v) is 3.44. The lowest BCUT2D eigenvalue weighted by Crippen LogP contribution is -2.43. The van der Waals surface area contributed by atoms with Crippen LogP contribution in [0.4, 0.5) is 4.79 Å². The Morgan fingerprint density at radius 2 is 2.24 bits per heavy atom. The summed E-state index contributed by atoms with van der Waals surface area (Å²) in [5.74, 6) is -0.501. The molecule has 1 saturated heterocycles. The van der Waals surface area contributed by atoms with Crippen molar-refractivity contribution < 1.29 is 18.8 Å². The summed E-state index contributed by atoms with van der Waals surface area (Å²) in [5.41, 5.74) is -1.26. The molecule has 21 heavy (non-hydrogen) atoms. The molecular weight excluding hydrogens is 274 g/mol. The highest BCUT2D eigenvalue weighted by Gasteiger charge is 2.51. The van der Waals surface area contributed by atoms with Crippen LogP contribution in [0.3, 0.4) is 0 Å². The Morgan fingerprint density at radius 1 is 1.48 bits per heavy atom. The molecule has 1 aliphatic rings. The summed E-state index contributed by atoms with van der Waals surface area (Å²) in [6.07, 6.45) is 3.25. The van der Waals surface area contributed by atoms with E-state index in [1.807, 2.05) is 6.92 Å². The first-order valence-corrected chi connectivity index (χ1v) is 6.94. The van der Waals surface area contributed by atoms with Crippen LogP contribution in [0.25, 0.3) is 0 Å². The minimum Gasteiger partial charge on any atom is -0.466 e. The average molecular weight is 293 g/mol. The molecule has 1 aliphatic heterocycles. The van der Waals surface area contributed by atoms with Gasteiger partial charge < -0.3 is 15.1 Å². The zero-order valence-electron chi connectivity index (χ0n) is 12.1. The summed E-state index contributed by atoms with van der Waals surface area (Å²) in [6.45, 7) is 3.82. The van der Waals surface area contributed by atoms with Gasteiger partial charge in [-0.2, -0.15) is 0 Å². The van der Waals surface area contributed by atoms with E-state index in [1.165, 1.54) is 6.26 Å². The van der Waals surface area contributed by atoms with Crippen molar-refractivity contribution in [1.29, 1.82) is 0 Å². The van der Waals surface area contributed by atoms with Crippen LogP contribution in [0, 0.1) is 0 Å². The average Bonchev–Trinajstić information content (AvgIpc) is 3.04. The lowest BCUT2D eigenvalue weighted by atomic mass is 9.99. The Labute approximate surface area is 122 Å². The molecule has 1 atom stereocenters. The van der Waals surface area contributed by atoms with Crippen LogP contribution >= 0.6 is 0 Å². The zero-order chi connectivity index (χ0) is 15.5. The molecule has 0 spiro atoms. The van der Waals surface area contributed by atoms with E-state index in [-0.39, 0.29) is 12.5 Å². The number of hydrogen-bond donors (Lipinski definition) is 2. The molecule has 7 nitrogen and oxygen atoms in total. The molecule has 0 aromatic carbocycles. The third kappa shape index (κ3) is 2.91. The number of hydrogen-bond acceptors (Lipinski definition) is 4. The van der Waals surface area contributed by atoms with Crippen LogP contribution in [0.15, 0.2) is 22.8 Å². The number of unbranched alkanes of at least 4 members (excludes halogenated alkanes) is 1. The lowest BCUT2D eigenvalue weighted by molar-refractivity contribution is -0.135. The van der Waals surface area contributed by atoms with E-state index >= 15 is 0 Å². The molecule has 0 radical (unpaired) electrons. The molecule has 1 aromatic heterocycles. The molecular formula is C14H19N3O4. The highest BCUT2D eigenvalue weighted by Crippen LogP contribution is 2.28. The molecule has 114 valence electrons. The van der Waals surface area contributed by atoms with Crippen LogP contribution in [0.2, 0.25) is 0 Å². The van der Waals surface area contributed by atoms with Crippen LogP contribution in [0.5, 0.6) is 0 Å². The molecule has 2 heterocycles. The van der Waals surface area contributed by atoms with Gasteiger partial charge in [0.05, 0.1) is 6.26 Å². The summed E-state index contributed by atoms with van der Waals surface area (Å²) in [5, 5.41) is 5.25. The number of nitrogens with one attached hydrogen (secondary N) is 2. The van der Waals surface area contributed by atoms with Gasteiger partial charge >= 0.3 is 6.03 Å². The summed E-state index contributed by atoms with van der Waals surface area (Å²) >= 11 is 0. The highest BCUT2D eigenvalue weighted by atomic mass is 16.3. The maximum Gasteiger partial charge on any atom is 0.325 e. The van der Waals surface area contributed by atoms with Gasteiger partial charge in [0.2, 0.25) is 5.91 Å². The Kier molecular flexibility index (Phi) is 4.30. The fourth-order valence-corrected chi connectivity index (χ4v) is 2.17. The first kappa shape index (κ1) is 15.1. The number of furan rings is 1. The Bertz CT molecular complexity index is 540. The van der Waals surface area contributed by atoms with Crippen LogP contribution in [0.1, 0.15) is 32.4 Å². The van der Waals surface area contributed by atoms with Gasteiger partial charge in [-0.1, -0.05) is 13.3 Å². The predicted octanol–water partition coefficient (Wildman–Crippen LogP) is 0.963. The molecule has 1 fully saturated rings. The van der Waals surface area contributed by atoms with E-state index < -0.39 is 17.5 Å². The van der Waals surface area contributed by atoms with E-state index in [2.05, 4.69) is 10.6 Å². The van der Waals surface area contributed by atoms with Gasteiger partial charge in [-0.15, -0.1) is 0 Å². The maximum absolute atomic E-state index is 12.4. The Morgan fingerprint density at radius 3 is 2.86 bits per heavy atom. The van der Waals surface area contributed by atoms with E-state index in [1.54, 1.807) is 19.1 Å². The van der Waals surface area contributed by atoms with Crippen LogP contribution < -0.4 is 10.6 Å². The van der Waals surface area contributed by atoms with Crippen molar-refractivity contribution in [3.63, 3.8) is 0 Å². The van der Waals surface area contributed by atoms with Crippen LogP contribution in [-0.4, -0.2) is 35.8 Å². The smallest absolute Gasteiger partial charge is 0.325 e. The number of carbonyl (C=O) groups is 3. The molecule has 0 unspecified atom stereocenters. The minimum atomic E-state index is -1.26. The number of rotatable bonds is 6. The van der Waals surface area contributed by atoms with Gasteiger partial charge in [0.15, 0.2) is 5.54 Å². The van der Waals surface area contributed by atoms with Crippen LogP contribution in [-0.2, 0) is 15.1 Å². The fourth-order valence-electron chi connectivity index (χ4n) is 2.17. The quantitative estimate of drug-likeness (QED) is 0.603. The molecule has 0 saturated carbocycles. The monoisotopic (exact) mass is 293 g/mol. The van der Waals surface area contributed by atoms with Gasteiger partial charge in [-0.25, -0.2) is 4.79 Å². The van der Waals surface area contributed by atoms with Gasteiger partial charge in [-0.3, -0.25) is 14.5 Å². The minimum absolute atomic E-state index is 0.287. The molecule has 2 N–H and O–H groups in total. The standard InChI is InChI=1S/C14H19N3O4/c1-3-4-7-15-11(18)9-17-12(19)14(2,16-13(17)20)10-6-5-8-21-10/h5-6,8H,3-4,7,9H2,1-2H3,(H,15,18)(H,16,20)/t14-/m1/s1. The predicted molar refractivity (Wildman–Crippen MR) is 74.2 cm³/mol. The summed E-state index contributed by atoms with van der Waals surface area (Å²) in [4.78, 5) is 37.0. The molecule has 2 rings (SSSR count). The van der Waals surface area contributed by atoms with E-state index in [9.17, 15) is 14.4 Å². The van der Waals surface area contributed by atoms with Crippen molar-refractivity contribution in [2.45, 2.75) is 32.2 Å². The molecule has 0 bridgehead atoms. The molecule has 4 amide bonds. The first-order chi connectivity index (χ1) is 9.99. The van der Waals surface area contributed by atoms with E-state index in [0.717, 1.165) is 17.7 Å². The van der Waals surface area contributed by atoms with Crippen molar-refractivity contribution in [1.82, 2.24) is 15.5 Å². The SMILES string of the molecule is CCCCNC(=O)CN1C(=O)N[C@](C)(c2ccco2)C1=O. The Hall–Kier alpha value is -2.31. The van der Waals surface area contributed by atoms with Crippen molar-refractivity contribution in [2.75, 3.05) is 13.1 Å². The number of urea groups is 1. The number of carbonyl (C=O) groups excluding carboxylic acids is 3.